The summed E-state index contributed by atoms with van der Waals surface area (Å²) in [6.07, 6.45) is 13.7. The third kappa shape index (κ3) is 2.47. The van der Waals surface area contributed by atoms with E-state index in [9.17, 15) is 0 Å². The summed E-state index contributed by atoms with van der Waals surface area (Å²) < 4.78 is 0. The van der Waals surface area contributed by atoms with Crippen molar-refractivity contribution in [1.82, 2.24) is 5.01 Å². The highest BCUT2D eigenvalue weighted by Crippen LogP contribution is 2.57. The molecule has 4 aliphatic carbocycles. The number of hydrogen-bond donors (Lipinski definition) is 1. The van der Waals surface area contributed by atoms with Crippen molar-refractivity contribution in [2.75, 3.05) is 13.1 Å². The SMILES string of the molecule is NN1CCC(CCC2C3CC4CC(C3)CC2C4)CC1. The van der Waals surface area contributed by atoms with Gasteiger partial charge in [-0.25, -0.2) is 5.01 Å². The van der Waals surface area contributed by atoms with E-state index in [1.165, 1.54) is 19.3 Å². The lowest BCUT2D eigenvalue weighted by Crippen LogP contribution is -2.45. The fourth-order valence-electron chi connectivity index (χ4n) is 6.18. The van der Waals surface area contributed by atoms with Gasteiger partial charge in [-0.1, -0.05) is 6.42 Å². The molecule has 108 valence electrons. The molecular weight excluding hydrogens is 232 g/mol. The second-order valence-corrected chi connectivity index (χ2v) is 8.15. The van der Waals surface area contributed by atoms with Gasteiger partial charge in [0.2, 0.25) is 0 Å². The molecule has 0 aromatic rings. The Morgan fingerprint density at radius 3 is 1.95 bits per heavy atom. The topological polar surface area (TPSA) is 29.3 Å². The molecule has 1 saturated heterocycles. The molecule has 5 rings (SSSR count). The molecule has 5 aliphatic rings. The molecule has 0 unspecified atom stereocenters. The number of piperidine rings is 1. The summed E-state index contributed by atoms with van der Waals surface area (Å²) in [6.45, 7) is 2.26. The van der Waals surface area contributed by atoms with Crippen LogP contribution in [0.15, 0.2) is 0 Å². The lowest BCUT2D eigenvalue weighted by atomic mass is 9.51. The standard InChI is InChI=1S/C17H30N2/c18-19-5-3-12(4-6-19)1-2-17-15-8-13-7-14(10-15)11-16(17)9-13/h12-17H,1-11,18H2. The third-order valence-electron chi connectivity index (χ3n) is 6.98. The van der Waals surface area contributed by atoms with Gasteiger partial charge in [-0.05, 0) is 86.9 Å². The Morgan fingerprint density at radius 1 is 0.789 bits per heavy atom. The molecule has 2 nitrogen and oxygen atoms in total. The summed E-state index contributed by atoms with van der Waals surface area (Å²) in [6, 6.07) is 0. The maximum absolute atomic E-state index is 5.86. The first-order valence-electron chi connectivity index (χ1n) is 8.77. The summed E-state index contributed by atoms with van der Waals surface area (Å²) in [5.74, 6) is 12.5. The van der Waals surface area contributed by atoms with Gasteiger partial charge in [0.1, 0.15) is 0 Å². The second kappa shape index (κ2) is 5.04. The molecule has 2 heteroatoms. The minimum atomic E-state index is 0.983. The van der Waals surface area contributed by atoms with Crippen molar-refractivity contribution in [3.63, 3.8) is 0 Å². The smallest absolute Gasteiger partial charge is 0.0131 e. The van der Waals surface area contributed by atoms with E-state index < -0.39 is 0 Å². The average molecular weight is 262 g/mol. The van der Waals surface area contributed by atoms with Crippen molar-refractivity contribution in [3.05, 3.63) is 0 Å². The number of hydrogen-bond acceptors (Lipinski definition) is 2. The van der Waals surface area contributed by atoms with Crippen molar-refractivity contribution in [3.8, 4) is 0 Å². The van der Waals surface area contributed by atoms with Crippen molar-refractivity contribution < 1.29 is 0 Å². The summed E-state index contributed by atoms with van der Waals surface area (Å²) in [4.78, 5) is 0. The summed E-state index contributed by atoms with van der Waals surface area (Å²) in [7, 11) is 0. The van der Waals surface area contributed by atoms with Crippen molar-refractivity contribution >= 4 is 0 Å². The van der Waals surface area contributed by atoms with Gasteiger partial charge >= 0.3 is 0 Å². The average Bonchev–Trinajstić information content (AvgIpc) is 2.39. The van der Waals surface area contributed by atoms with Crippen LogP contribution in [0.2, 0.25) is 0 Å². The quantitative estimate of drug-likeness (QED) is 0.790. The molecule has 0 aromatic heterocycles. The zero-order valence-corrected chi connectivity index (χ0v) is 12.3. The number of hydrazine groups is 1. The third-order valence-corrected chi connectivity index (χ3v) is 6.98. The Labute approximate surface area is 118 Å². The first-order valence-corrected chi connectivity index (χ1v) is 8.77. The van der Waals surface area contributed by atoms with Crippen LogP contribution in [0.1, 0.15) is 57.8 Å². The van der Waals surface area contributed by atoms with E-state index in [2.05, 4.69) is 0 Å². The monoisotopic (exact) mass is 262 g/mol. The molecule has 19 heavy (non-hydrogen) atoms. The normalized spacial score (nSPS) is 46.9. The molecule has 0 spiro atoms. The number of rotatable bonds is 3. The molecule has 1 aliphatic heterocycles. The molecule has 5 fully saturated rings. The van der Waals surface area contributed by atoms with E-state index in [4.69, 9.17) is 5.84 Å². The lowest BCUT2D eigenvalue weighted by Gasteiger charge is -2.55. The molecule has 2 N–H and O–H groups in total. The maximum atomic E-state index is 5.86. The van der Waals surface area contributed by atoms with E-state index in [1.807, 2.05) is 5.01 Å². The lowest BCUT2D eigenvalue weighted by molar-refractivity contribution is -0.0425. The van der Waals surface area contributed by atoms with Crippen molar-refractivity contribution in [1.29, 1.82) is 0 Å². The Kier molecular flexibility index (Phi) is 3.35. The minimum absolute atomic E-state index is 0.983. The summed E-state index contributed by atoms with van der Waals surface area (Å²) >= 11 is 0. The van der Waals surface area contributed by atoms with E-state index in [0.29, 0.717) is 0 Å². The largest absolute Gasteiger partial charge is 0.269 e. The molecule has 0 amide bonds. The molecule has 0 atom stereocenters. The van der Waals surface area contributed by atoms with Gasteiger partial charge in [-0.2, -0.15) is 0 Å². The van der Waals surface area contributed by atoms with Gasteiger partial charge in [-0.3, -0.25) is 5.84 Å². The van der Waals surface area contributed by atoms with Crippen LogP contribution >= 0.6 is 0 Å². The number of nitrogens with zero attached hydrogens (tertiary/aromatic N) is 1. The fraction of sp³-hybridized carbons (Fsp3) is 1.00. The van der Waals surface area contributed by atoms with E-state index >= 15 is 0 Å². The minimum Gasteiger partial charge on any atom is -0.269 e. The van der Waals surface area contributed by atoms with Crippen LogP contribution in [0.3, 0.4) is 0 Å². The summed E-state index contributed by atoms with van der Waals surface area (Å²) in [5.41, 5.74) is 0. The highest BCUT2D eigenvalue weighted by Gasteiger charge is 2.47. The second-order valence-electron chi connectivity index (χ2n) is 8.15. The van der Waals surface area contributed by atoms with Gasteiger partial charge in [0.05, 0.1) is 0 Å². The maximum Gasteiger partial charge on any atom is 0.0131 e. The first-order chi connectivity index (χ1) is 9.28. The van der Waals surface area contributed by atoms with Gasteiger partial charge in [0.25, 0.3) is 0 Å². The highest BCUT2D eigenvalue weighted by atomic mass is 15.4. The van der Waals surface area contributed by atoms with Crippen molar-refractivity contribution in [2.24, 2.45) is 41.4 Å². The first kappa shape index (κ1) is 12.6. The summed E-state index contributed by atoms with van der Waals surface area (Å²) in [5, 5.41) is 2.01. The Balaban J connectivity index is 1.31. The van der Waals surface area contributed by atoms with Crippen LogP contribution < -0.4 is 5.84 Å². The molecule has 0 radical (unpaired) electrons. The molecule has 4 saturated carbocycles. The van der Waals surface area contributed by atoms with Crippen molar-refractivity contribution in [2.45, 2.75) is 57.8 Å². The van der Waals surface area contributed by atoms with Gasteiger partial charge in [0, 0.05) is 13.1 Å². The van der Waals surface area contributed by atoms with Crippen LogP contribution in [-0.2, 0) is 0 Å². The molecule has 1 heterocycles. The Morgan fingerprint density at radius 2 is 1.37 bits per heavy atom. The van der Waals surface area contributed by atoms with Crippen LogP contribution in [0.5, 0.6) is 0 Å². The van der Waals surface area contributed by atoms with Crippen LogP contribution in [0.25, 0.3) is 0 Å². The highest BCUT2D eigenvalue weighted by molar-refractivity contribution is 4.98. The zero-order valence-electron chi connectivity index (χ0n) is 12.3. The van der Waals surface area contributed by atoms with Gasteiger partial charge in [-0.15, -0.1) is 0 Å². The Hall–Kier alpha value is -0.0800. The van der Waals surface area contributed by atoms with E-state index in [-0.39, 0.29) is 0 Å². The Bertz CT molecular complexity index is 291. The number of nitrogens with two attached hydrogens (primary N) is 1. The fourth-order valence-corrected chi connectivity index (χ4v) is 6.18. The molecular formula is C17H30N2. The predicted molar refractivity (Wildman–Crippen MR) is 78.3 cm³/mol. The van der Waals surface area contributed by atoms with Gasteiger partial charge < -0.3 is 0 Å². The van der Waals surface area contributed by atoms with E-state index in [1.54, 1.807) is 38.5 Å². The van der Waals surface area contributed by atoms with Crippen LogP contribution in [0, 0.1) is 35.5 Å². The predicted octanol–water partition coefficient (Wildman–Crippen LogP) is 3.42. The van der Waals surface area contributed by atoms with Crippen LogP contribution in [0.4, 0.5) is 0 Å². The zero-order chi connectivity index (χ0) is 12.8. The van der Waals surface area contributed by atoms with Crippen LogP contribution in [-0.4, -0.2) is 18.1 Å². The molecule has 0 aromatic carbocycles. The van der Waals surface area contributed by atoms with E-state index in [0.717, 1.165) is 48.6 Å². The molecule has 4 bridgehead atoms. The van der Waals surface area contributed by atoms with Gasteiger partial charge in [0.15, 0.2) is 0 Å².